The number of hydrogen-bond acceptors (Lipinski definition) is 2. The van der Waals surface area contributed by atoms with E-state index in [9.17, 15) is 4.79 Å². The number of nitrogens with one attached hydrogen (secondary N) is 1. The number of rotatable bonds is 0. The maximum absolute atomic E-state index is 11.1. The summed E-state index contributed by atoms with van der Waals surface area (Å²) in [6.45, 7) is 0. The molecule has 4 heteroatoms. The highest BCUT2D eigenvalue weighted by Crippen LogP contribution is 2.22. The summed E-state index contributed by atoms with van der Waals surface area (Å²) in [5, 5.41) is 6.38. The predicted octanol–water partition coefficient (Wildman–Crippen LogP) is 1.58. The average molecular weight is 166 g/mol. The minimum absolute atomic E-state index is 0.102. The van der Waals surface area contributed by atoms with E-state index in [2.05, 4.69) is 5.32 Å². The first-order chi connectivity index (χ1) is 5.38. The number of amides is 2. The van der Waals surface area contributed by atoms with Gasteiger partial charge in [0, 0.05) is 12.4 Å². The van der Waals surface area contributed by atoms with Crippen molar-refractivity contribution in [2.75, 3.05) is 0 Å². The van der Waals surface area contributed by atoms with Crippen molar-refractivity contribution in [1.82, 2.24) is 10.2 Å². The topological polar surface area (TPSA) is 32.3 Å². The van der Waals surface area contributed by atoms with Crippen molar-refractivity contribution in [2.24, 2.45) is 0 Å². The summed E-state index contributed by atoms with van der Waals surface area (Å²) >= 11 is 1.57. The van der Waals surface area contributed by atoms with Gasteiger partial charge < -0.3 is 5.32 Å². The largest absolute Gasteiger partial charge is 0.330 e. The van der Waals surface area contributed by atoms with E-state index in [-0.39, 0.29) is 6.03 Å². The van der Waals surface area contributed by atoms with E-state index in [1.165, 1.54) is 0 Å². The molecule has 56 valence electrons. The Hall–Kier alpha value is -1.16. The van der Waals surface area contributed by atoms with Gasteiger partial charge in [-0.15, -0.1) is 11.8 Å². The summed E-state index contributed by atoms with van der Waals surface area (Å²) in [4.78, 5) is 12.7. The molecule has 0 saturated heterocycles. The molecular weight excluding hydrogens is 160 g/mol. The van der Waals surface area contributed by atoms with E-state index in [1.807, 2.05) is 16.9 Å². The van der Waals surface area contributed by atoms with Crippen molar-refractivity contribution in [3.8, 4) is 0 Å². The van der Waals surface area contributed by atoms with Crippen LogP contribution >= 0.6 is 11.8 Å². The van der Waals surface area contributed by atoms with Crippen molar-refractivity contribution < 1.29 is 4.79 Å². The van der Waals surface area contributed by atoms with Crippen LogP contribution in [0.25, 0.3) is 0 Å². The predicted molar refractivity (Wildman–Crippen MR) is 44.3 cm³/mol. The Balaban J connectivity index is 2.36. The number of hydrogen-bond donors (Lipinski definition) is 1. The van der Waals surface area contributed by atoms with Crippen LogP contribution in [0.3, 0.4) is 0 Å². The number of nitrogens with zero attached hydrogens (tertiary/aromatic N) is 1. The molecule has 0 aromatic carbocycles. The van der Waals surface area contributed by atoms with Gasteiger partial charge in [0.15, 0.2) is 0 Å². The highest BCUT2D eigenvalue weighted by Gasteiger charge is 2.17. The van der Waals surface area contributed by atoms with Gasteiger partial charge in [0.05, 0.1) is 5.70 Å². The van der Waals surface area contributed by atoms with E-state index in [4.69, 9.17) is 0 Å². The van der Waals surface area contributed by atoms with Gasteiger partial charge >= 0.3 is 6.03 Å². The third-order valence-electron chi connectivity index (χ3n) is 1.44. The van der Waals surface area contributed by atoms with E-state index < -0.39 is 0 Å². The molecule has 11 heavy (non-hydrogen) atoms. The highest BCUT2D eigenvalue weighted by atomic mass is 32.2. The van der Waals surface area contributed by atoms with Gasteiger partial charge in [-0.3, -0.25) is 4.90 Å². The van der Waals surface area contributed by atoms with Crippen LogP contribution in [0.5, 0.6) is 0 Å². The van der Waals surface area contributed by atoms with Crippen LogP contribution < -0.4 is 5.32 Å². The molecule has 0 fully saturated rings. The Bertz CT molecular complexity index is 280. The van der Waals surface area contributed by atoms with Gasteiger partial charge in [-0.1, -0.05) is 0 Å². The van der Waals surface area contributed by atoms with Crippen molar-refractivity contribution in [1.29, 1.82) is 0 Å². The maximum Gasteiger partial charge on any atom is 0.330 e. The fourth-order valence-corrected chi connectivity index (χ4v) is 1.52. The monoisotopic (exact) mass is 166 g/mol. The number of urea groups is 1. The number of allylic oxidation sites excluding steroid dienone is 1. The summed E-state index contributed by atoms with van der Waals surface area (Å²) in [7, 11) is 0. The fourth-order valence-electron chi connectivity index (χ4n) is 0.920. The molecule has 2 amide bonds. The molecule has 0 bridgehead atoms. The lowest BCUT2D eigenvalue weighted by Crippen LogP contribution is -2.36. The van der Waals surface area contributed by atoms with Crippen LogP contribution in [-0.2, 0) is 0 Å². The van der Waals surface area contributed by atoms with Gasteiger partial charge in [0.1, 0.15) is 0 Å². The second-order valence-electron chi connectivity index (χ2n) is 2.12. The minimum atomic E-state index is -0.102. The molecule has 2 aliphatic rings. The van der Waals surface area contributed by atoms with Gasteiger partial charge in [-0.2, -0.15) is 0 Å². The first-order valence-corrected chi connectivity index (χ1v) is 4.11. The number of carbonyl (C=O) groups excluding carboxylic acids is 1. The van der Waals surface area contributed by atoms with E-state index >= 15 is 0 Å². The van der Waals surface area contributed by atoms with E-state index in [1.54, 1.807) is 29.1 Å². The van der Waals surface area contributed by atoms with Crippen molar-refractivity contribution in [3.63, 3.8) is 0 Å². The van der Waals surface area contributed by atoms with Crippen molar-refractivity contribution in [3.05, 3.63) is 35.0 Å². The van der Waals surface area contributed by atoms with E-state index in [0.29, 0.717) is 0 Å². The quantitative estimate of drug-likeness (QED) is 0.592. The zero-order valence-electron chi connectivity index (χ0n) is 5.65. The Kier molecular flexibility index (Phi) is 1.47. The summed E-state index contributed by atoms with van der Waals surface area (Å²) in [6, 6.07) is -0.102. The Morgan fingerprint density at radius 1 is 1.55 bits per heavy atom. The fraction of sp³-hybridized carbons (Fsp3) is 0. The SMILES string of the molecule is O=C1NC=CC2=CSC=CN12. The Labute approximate surface area is 68.4 Å². The Morgan fingerprint density at radius 2 is 2.45 bits per heavy atom. The van der Waals surface area contributed by atoms with Crippen LogP contribution in [0.2, 0.25) is 0 Å². The van der Waals surface area contributed by atoms with Gasteiger partial charge in [0.2, 0.25) is 0 Å². The Morgan fingerprint density at radius 3 is 3.27 bits per heavy atom. The molecule has 2 aliphatic heterocycles. The third-order valence-corrected chi connectivity index (χ3v) is 2.09. The molecular formula is C7H6N2OS. The number of carbonyl (C=O) groups is 1. The summed E-state index contributed by atoms with van der Waals surface area (Å²) in [6.07, 6.45) is 5.25. The molecule has 2 heterocycles. The minimum Gasteiger partial charge on any atom is -0.314 e. The zero-order valence-corrected chi connectivity index (χ0v) is 6.47. The lowest BCUT2D eigenvalue weighted by atomic mass is 10.4. The molecule has 0 aromatic rings. The first-order valence-electron chi connectivity index (χ1n) is 3.16. The van der Waals surface area contributed by atoms with Gasteiger partial charge in [-0.05, 0) is 16.9 Å². The second-order valence-corrected chi connectivity index (χ2v) is 2.90. The molecule has 2 rings (SSSR count). The molecule has 0 atom stereocenters. The van der Waals surface area contributed by atoms with Gasteiger partial charge in [0.25, 0.3) is 0 Å². The number of thioether (sulfide) groups is 1. The molecule has 1 N–H and O–H groups in total. The molecule has 0 spiro atoms. The smallest absolute Gasteiger partial charge is 0.314 e. The highest BCUT2D eigenvalue weighted by molar-refractivity contribution is 8.04. The summed E-state index contributed by atoms with van der Waals surface area (Å²) < 4.78 is 0. The molecule has 3 nitrogen and oxygen atoms in total. The molecule has 0 saturated carbocycles. The second kappa shape index (κ2) is 2.47. The lowest BCUT2D eigenvalue weighted by molar-refractivity contribution is 0.226. The maximum atomic E-state index is 11.1. The van der Waals surface area contributed by atoms with Crippen LogP contribution in [0, 0.1) is 0 Å². The third kappa shape index (κ3) is 1.05. The average Bonchev–Trinajstić information content (AvgIpc) is 2.06. The first kappa shape index (κ1) is 6.54. The van der Waals surface area contributed by atoms with Crippen LogP contribution in [0.15, 0.2) is 35.0 Å². The van der Waals surface area contributed by atoms with Crippen LogP contribution in [-0.4, -0.2) is 10.9 Å². The van der Waals surface area contributed by atoms with E-state index in [0.717, 1.165) is 5.70 Å². The molecule has 0 unspecified atom stereocenters. The number of fused-ring (bicyclic) bond motifs is 1. The molecule has 0 radical (unpaired) electrons. The molecule has 0 aliphatic carbocycles. The van der Waals surface area contributed by atoms with Crippen LogP contribution in [0.4, 0.5) is 4.79 Å². The van der Waals surface area contributed by atoms with Crippen molar-refractivity contribution in [2.45, 2.75) is 0 Å². The van der Waals surface area contributed by atoms with Crippen LogP contribution in [0.1, 0.15) is 0 Å². The zero-order chi connectivity index (χ0) is 7.68. The molecule has 0 aromatic heterocycles. The normalized spacial score (nSPS) is 20.9. The van der Waals surface area contributed by atoms with Crippen molar-refractivity contribution >= 4 is 17.8 Å². The van der Waals surface area contributed by atoms with Gasteiger partial charge in [-0.25, -0.2) is 4.79 Å². The summed E-state index contributed by atoms with van der Waals surface area (Å²) in [5.41, 5.74) is 0.918. The standard InChI is InChI=1S/C7H6N2OS/c10-7-8-2-1-6-5-11-4-3-9(6)7/h1-5H,(H,8,10). The lowest BCUT2D eigenvalue weighted by Gasteiger charge is -2.24. The summed E-state index contributed by atoms with van der Waals surface area (Å²) in [5.74, 6) is 0.